The minimum absolute atomic E-state index is 0.00398. The topological polar surface area (TPSA) is 46.3 Å². The Morgan fingerprint density at radius 1 is 1.57 bits per heavy atom. The van der Waals surface area contributed by atoms with Gasteiger partial charge in [-0.25, -0.2) is 0 Å². The molecule has 0 aliphatic carbocycles. The molecule has 0 amide bonds. The fourth-order valence-corrected chi connectivity index (χ4v) is 1.96. The molecule has 1 aromatic carbocycles. The maximum atomic E-state index is 10.8. The highest BCUT2D eigenvalue weighted by Gasteiger charge is 2.22. The second-order valence-corrected chi connectivity index (χ2v) is 3.74. The van der Waals surface area contributed by atoms with E-state index >= 15 is 0 Å². The predicted molar refractivity (Wildman–Crippen MR) is 57.4 cm³/mol. The first-order valence-electron chi connectivity index (χ1n) is 4.79. The SMILES string of the molecule is CN1c2cc(N)ccc2CCC1C=O. The Balaban J connectivity index is 2.42. The first kappa shape index (κ1) is 9.06. The summed E-state index contributed by atoms with van der Waals surface area (Å²) in [4.78, 5) is 12.8. The van der Waals surface area contributed by atoms with Gasteiger partial charge in [-0.2, -0.15) is 0 Å². The summed E-state index contributed by atoms with van der Waals surface area (Å²) in [5.41, 5.74) is 8.84. The van der Waals surface area contributed by atoms with Crippen LogP contribution in [0.2, 0.25) is 0 Å². The Hall–Kier alpha value is -1.51. The summed E-state index contributed by atoms with van der Waals surface area (Å²) in [6.07, 6.45) is 2.87. The van der Waals surface area contributed by atoms with E-state index in [2.05, 4.69) is 0 Å². The Morgan fingerprint density at radius 2 is 2.36 bits per heavy atom. The molecule has 0 bridgehead atoms. The van der Waals surface area contributed by atoms with Crippen LogP contribution in [0, 0.1) is 0 Å². The van der Waals surface area contributed by atoms with E-state index < -0.39 is 0 Å². The number of fused-ring (bicyclic) bond motifs is 1. The molecule has 74 valence electrons. The van der Waals surface area contributed by atoms with Gasteiger partial charge >= 0.3 is 0 Å². The van der Waals surface area contributed by atoms with E-state index in [1.165, 1.54) is 5.56 Å². The molecule has 2 rings (SSSR count). The second-order valence-electron chi connectivity index (χ2n) is 3.74. The largest absolute Gasteiger partial charge is 0.399 e. The number of rotatable bonds is 1. The number of benzene rings is 1. The number of aryl methyl sites for hydroxylation is 1. The Kier molecular flexibility index (Phi) is 2.15. The summed E-state index contributed by atoms with van der Waals surface area (Å²) in [5.74, 6) is 0. The zero-order chi connectivity index (χ0) is 10.1. The van der Waals surface area contributed by atoms with Gasteiger partial charge < -0.3 is 15.4 Å². The molecule has 0 fully saturated rings. The molecule has 1 aliphatic heterocycles. The van der Waals surface area contributed by atoms with E-state index in [0.29, 0.717) is 0 Å². The van der Waals surface area contributed by atoms with Crippen LogP contribution in [0.1, 0.15) is 12.0 Å². The van der Waals surface area contributed by atoms with Crippen molar-refractivity contribution in [1.29, 1.82) is 0 Å². The lowest BCUT2D eigenvalue weighted by atomic mass is 9.97. The van der Waals surface area contributed by atoms with E-state index in [-0.39, 0.29) is 6.04 Å². The van der Waals surface area contributed by atoms with Gasteiger partial charge in [0.05, 0.1) is 6.04 Å². The number of aldehydes is 1. The Labute approximate surface area is 83.5 Å². The number of hydrogen-bond donors (Lipinski definition) is 1. The predicted octanol–water partition coefficient (Wildman–Crippen LogP) is 1.22. The van der Waals surface area contributed by atoms with Crippen LogP contribution in [-0.4, -0.2) is 19.4 Å². The van der Waals surface area contributed by atoms with Gasteiger partial charge in [-0.3, -0.25) is 0 Å². The maximum absolute atomic E-state index is 10.8. The van der Waals surface area contributed by atoms with Crippen molar-refractivity contribution in [1.82, 2.24) is 0 Å². The summed E-state index contributed by atoms with van der Waals surface area (Å²) in [7, 11) is 1.94. The fraction of sp³-hybridized carbons (Fsp3) is 0.364. The molecule has 1 aliphatic rings. The second kappa shape index (κ2) is 3.33. The number of nitrogens with two attached hydrogens (primary N) is 1. The number of likely N-dealkylation sites (N-methyl/N-ethyl adjacent to an activating group) is 1. The molecule has 0 saturated carbocycles. The summed E-state index contributed by atoms with van der Waals surface area (Å²) < 4.78 is 0. The molecule has 1 atom stereocenters. The highest BCUT2D eigenvalue weighted by Crippen LogP contribution is 2.30. The Morgan fingerprint density at radius 3 is 3.07 bits per heavy atom. The molecular weight excluding hydrogens is 176 g/mol. The van der Waals surface area contributed by atoms with Crippen molar-refractivity contribution in [2.45, 2.75) is 18.9 Å². The lowest BCUT2D eigenvalue weighted by molar-refractivity contribution is -0.109. The highest BCUT2D eigenvalue weighted by atomic mass is 16.1. The van der Waals surface area contributed by atoms with Gasteiger partial charge in [-0.05, 0) is 30.5 Å². The van der Waals surface area contributed by atoms with Crippen LogP contribution >= 0.6 is 0 Å². The molecule has 0 radical (unpaired) electrons. The van der Waals surface area contributed by atoms with E-state index in [9.17, 15) is 4.79 Å². The lowest BCUT2D eigenvalue weighted by Crippen LogP contribution is -2.37. The Bertz CT molecular complexity index is 362. The van der Waals surface area contributed by atoms with Crippen molar-refractivity contribution in [2.75, 3.05) is 17.7 Å². The zero-order valence-electron chi connectivity index (χ0n) is 8.23. The van der Waals surface area contributed by atoms with Crippen molar-refractivity contribution >= 4 is 17.7 Å². The molecule has 14 heavy (non-hydrogen) atoms. The molecule has 3 nitrogen and oxygen atoms in total. The molecule has 1 unspecified atom stereocenters. The van der Waals surface area contributed by atoms with Gasteiger partial charge in [0.1, 0.15) is 6.29 Å². The quantitative estimate of drug-likeness (QED) is 0.535. The summed E-state index contributed by atoms with van der Waals surface area (Å²) >= 11 is 0. The van der Waals surface area contributed by atoms with Gasteiger partial charge in [-0.1, -0.05) is 6.07 Å². The van der Waals surface area contributed by atoms with E-state index in [0.717, 1.165) is 30.5 Å². The van der Waals surface area contributed by atoms with Crippen LogP contribution in [-0.2, 0) is 11.2 Å². The summed E-state index contributed by atoms with van der Waals surface area (Å²) in [6.45, 7) is 0. The average Bonchev–Trinajstić information content (AvgIpc) is 2.20. The van der Waals surface area contributed by atoms with Crippen molar-refractivity contribution in [3.8, 4) is 0 Å². The maximum Gasteiger partial charge on any atom is 0.142 e. The number of carbonyl (C=O) groups is 1. The average molecular weight is 190 g/mol. The standard InChI is InChI=1S/C11H14N2O/c1-13-10(7-14)5-3-8-2-4-9(12)6-11(8)13/h2,4,6-7,10H,3,5,12H2,1H3. The van der Waals surface area contributed by atoms with Crippen molar-refractivity contribution < 1.29 is 4.79 Å². The monoisotopic (exact) mass is 190 g/mol. The minimum atomic E-state index is 0.00398. The molecule has 0 aromatic heterocycles. The van der Waals surface area contributed by atoms with E-state index in [1.807, 2.05) is 30.1 Å². The zero-order valence-corrected chi connectivity index (χ0v) is 8.23. The van der Waals surface area contributed by atoms with Crippen LogP contribution in [0.25, 0.3) is 0 Å². The number of nitrogens with zero attached hydrogens (tertiary/aromatic N) is 1. The van der Waals surface area contributed by atoms with Crippen molar-refractivity contribution in [3.05, 3.63) is 23.8 Å². The van der Waals surface area contributed by atoms with Gasteiger partial charge in [0.2, 0.25) is 0 Å². The molecule has 1 heterocycles. The fourth-order valence-electron chi connectivity index (χ4n) is 1.96. The summed E-state index contributed by atoms with van der Waals surface area (Å²) in [6, 6.07) is 5.89. The van der Waals surface area contributed by atoms with Crippen LogP contribution in [0.4, 0.5) is 11.4 Å². The third-order valence-corrected chi connectivity index (χ3v) is 2.85. The molecule has 2 N–H and O–H groups in total. The van der Waals surface area contributed by atoms with Gasteiger partial charge in [-0.15, -0.1) is 0 Å². The van der Waals surface area contributed by atoms with E-state index in [4.69, 9.17) is 5.73 Å². The molecule has 0 saturated heterocycles. The van der Waals surface area contributed by atoms with E-state index in [1.54, 1.807) is 0 Å². The van der Waals surface area contributed by atoms with Crippen LogP contribution in [0.3, 0.4) is 0 Å². The van der Waals surface area contributed by atoms with Gasteiger partial charge in [0.15, 0.2) is 0 Å². The van der Waals surface area contributed by atoms with Crippen LogP contribution in [0.5, 0.6) is 0 Å². The van der Waals surface area contributed by atoms with Gasteiger partial charge in [0, 0.05) is 18.4 Å². The van der Waals surface area contributed by atoms with Crippen LogP contribution < -0.4 is 10.6 Å². The lowest BCUT2D eigenvalue weighted by Gasteiger charge is -2.32. The normalized spacial score (nSPS) is 20.4. The third-order valence-electron chi connectivity index (χ3n) is 2.85. The first-order chi connectivity index (χ1) is 6.72. The molecular formula is C11H14N2O. The van der Waals surface area contributed by atoms with Gasteiger partial charge in [0.25, 0.3) is 0 Å². The number of anilines is 2. The number of nitrogen functional groups attached to an aromatic ring is 1. The molecule has 0 spiro atoms. The first-order valence-corrected chi connectivity index (χ1v) is 4.79. The smallest absolute Gasteiger partial charge is 0.142 e. The molecule has 3 heteroatoms. The van der Waals surface area contributed by atoms with Crippen molar-refractivity contribution in [2.24, 2.45) is 0 Å². The highest BCUT2D eigenvalue weighted by molar-refractivity contribution is 5.71. The number of hydrogen-bond acceptors (Lipinski definition) is 3. The summed E-state index contributed by atoms with van der Waals surface area (Å²) in [5, 5.41) is 0. The van der Waals surface area contributed by atoms with Crippen molar-refractivity contribution in [3.63, 3.8) is 0 Å². The number of carbonyl (C=O) groups excluding carboxylic acids is 1. The molecule has 1 aromatic rings. The minimum Gasteiger partial charge on any atom is -0.399 e. The van der Waals surface area contributed by atoms with Crippen LogP contribution in [0.15, 0.2) is 18.2 Å². The third kappa shape index (κ3) is 1.35.